The fraction of sp³-hybridized carbons (Fsp3) is 0.562. The highest BCUT2D eigenvalue weighted by atomic mass is 32.2. The Morgan fingerprint density at radius 1 is 1.32 bits per heavy atom. The molecule has 2 rings (SSSR count). The fourth-order valence-electron chi connectivity index (χ4n) is 2.55. The van der Waals surface area contributed by atoms with Crippen molar-refractivity contribution in [3.63, 3.8) is 0 Å². The maximum atomic E-state index is 12.4. The van der Waals surface area contributed by atoms with Gasteiger partial charge in [0.25, 0.3) is 0 Å². The zero-order valence-electron chi connectivity index (χ0n) is 13.6. The Balaban J connectivity index is 2.29. The lowest BCUT2D eigenvalue weighted by Gasteiger charge is -2.25. The summed E-state index contributed by atoms with van der Waals surface area (Å²) in [5.74, 6) is 1.74. The molecule has 1 fully saturated rings. The van der Waals surface area contributed by atoms with Gasteiger partial charge in [-0.2, -0.15) is 0 Å². The SMILES string of the molecule is CCNCCN1C(=O)[C@H](C)S[C@H]1c1cc(OC)ccc1OC. The average molecular weight is 324 g/mol. The predicted molar refractivity (Wildman–Crippen MR) is 89.6 cm³/mol. The largest absolute Gasteiger partial charge is 0.497 e. The van der Waals surface area contributed by atoms with Gasteiger partial charge < -0.3 is 19.7 Å². The number of likely N-dealkylation sites (N-methyl/N-ethyl adjacent to an activating group) is 1. The summed E-state index contributed by atoms with van der Waals surface area (Å²) in [6.45, 7) is 6.40. The van der Waals surface area contributed by atoms with Gasteiger partial charge in [-0.05, 0) is 31.7 Å². The molecule has 1 aromatic rings. The summed E-state index contributed by atoms with van der Waals surface area (Å²) in [6.07, 6.45) is 0. The van der Waals surface area contributed by atoms with E-state index in [1.165, 1.54) is 0 Å². The molecule has 1 heterocycles. The molecule has 1 aromatic carbocycles. The number of rotatable bonds is 7. The summed E-state index contributed by atoms with van der Waals surface area (Å²) in [4.78, 5) is 14.4. The standard InChI is InChI=1S/C16H24N2O3S/c1-5-17-8-9-18-15(19)11(2)22-16(18)13-10-12(20-3)6-7-14(13)21-4/h6-7,10-11,16-17H,5,8-9H2,1-4H3/t11-,16-/m0/s1. The Kier molecular flexibility index (Phi) is 5.97. The van der Waals surface area contributed by atoms with Crippen LogP contribution in [0.4, 0.5) is 0 Å². The van der Waals surface area contributed by atoms with Crippen LogP contribution >= 0.6 is 11.8 Å². The van der Waals surface area contributed by atoms with Crippen LogP contribution in [-0.2, 0) is 4.79 Å². The second kappa shape index (κ2) is 7.74. The fourth-order valence-corrected chi connectivity index (χ4v) is 3.88. The van der Waals surface area contributed by atoms with E-state index in [4.69, 9.17) is 9.47 Å². The highest BCUT2D eigenvalue weighted by molar-refractivity contribution is 8.01. The van der Waals surface area contributed by atoms with Gasteiger partial charge in [-0.15, -0.1) is 11.8 Å². The second-order valence-electron chi connectivity index (χ2n) is 5.12. The van der Waals surface area contributed by atoms with Crippen LogP contribution in [0.25, 0.3) is 0 Å². The Morgan fingerprint density at radius 2 is 2.09 bits per heavy atom. The van der Waals surface area contributed by atoms with Crippen LogP contribution in [0, 0.1) is 0 Å². The van der Waals surface area contributed by atoms with Crippen LogP contribution < -0.4 is 14.8 Å². The van der Waals surface area contributed by atoms with Crippen molar-refractivity contribution in [2.75, 3.05) is 33.9 Å². The number of methoxy groups -OCH3 is 2. The molecule has 0 bridgehead atoms. The smallest absolute Gasteiger partial charge is 0.236 e. The zero-order chi connectivity index (χ0) is 16.1. The number of nitrogens with zero attached hydrogens (tertiary/aromatic N) is 1. The molecule has 0 radical (unpaired) electrons. The first-order valence-electron chi connectivity index (χ1n) is 7.51. The highest BCUT2D eigenvalue weighted by Crippen LogP contribution is 2.46. The summed E-state index contributed by atoms with van der Waals surface area (Å²) in [6, 6.07) is 5.73. The van der Waals surface area contributed by atoms with Crippen LogP contribution in [0.15, 0.2) is 18.2 Å². The summed E-state index contributed by atoms with van der Waals surface area (Å²) < 4.78 is 10.8. The third-order valence-electron chi connectivity index (χ3n) is 3.73. The molecule has 2 atom stereocenters. The molecule has 22 heavy (non-hydrogen) atoms. The van der Waals surface area contributed by atoms with E-state index in [0.717, 1.165) is 30.2 Å². The van der Waals surface area contributed by atoms with Gasteiger partial charge >= 0.3 is 0 Å². The van der Waals surface area contributed by atoms with Crippen LogP contribution in [0.5, 0.6) is 11.5 Å². The molecule has 122 valence electrons. The van der Waals surface area contributed by atoms with Gasteiger partial charge in [-0.25, -0.2) is 0 Å². The van der Waals surface area contributed by atoms with E-state index < -0.39 is 0 Å². The van der Waals surface area contributed by atoms with Crippen molar-refractivity contribution in [3.8, 4) is 11.5 Å². The molecule has 5 nitrogen and oxygen atoms in total. The average Bonchev–Trinajstić information content (AvgIpc) is 2.82. The number of thioether (sulfide) groups is 1. The van der Waals surface area contributed by atoms with Gasteiger partial charge in [-0.1, -0.05) is 6.92 Å². The number of hydrogen-bond acceptors (Lipinski definition) is 5. The Hall–Kier alpha value is -1.40. The lowest BCUT2D eigenvalue weighted by atomic mass is 10.1. The van der Waals surface area contributed by atoms with Crippen molar-refractivity contribution in [2.24, 2.45) is 0 Å². The van der Waals surface area contributed by atoms with Crippen molar-refractivity contribution in [1.29, 1.82) is 0 Å². The van der Waals surface area contributed by atoms with Gasteiger partial charge in [0.15, 0.2) is 0 Å². The van der Waals surface area contributed by atoms with Gasteiger partial charge in [-0.3, -0.25) is 4.79 Å². The van der Waals surface area contributed by atoms with Crippen LogP contribution in [0.2, 0.25) is 0 Å². The van der Waals surface area contributed by atoms with E-state index in [9.17, 15) is 4.79 Å². The molecule has 1 saturated heterocycles. The van der Waals surface area contributed by atoms with Gasteiger partial charge in [0.2, 0.25) is 5.91 Å². The van der Waals surface area contributed by atoms with E-state index in [-0.39, 0.29) is 16.5 Å². The molecule has 0 spiro atoms. The van der Waals surface area contributed by atoms with Crippen LogP contribution in [-0.4, -0.2) is 49.9 Å². The van der Waals surface area contributed by atoms with Crippen molar-refractivity contribution in [1.82, 2.24) is 10.2 Å². The lowest BCUT2D eigenvalue weighted by Crippen LogP contribution is -2.36. The number of hydrogen-bond donors (Lipinski definition) is 1. The Morgan fingerprint density at radius 3 is 2.73 bits per heavy atom. The van der Waals surface area contributed by atoms with Crippen molar-refractivity contribution in [2.45, 2.75) is 24.5 Å². The molecule has 6 heteroatoms. The molecule has 1 aliphatic heterocycles. The first-order chi connectivity index (χ1) is 10.6. The molecule has 1 N–H and O–H groups in total. The quantitative estimate of drug-likeness (QED) is 0.780. The van der Waals surface area contributed by atoms with Crippen molar-refractivity contribution >= 4 is 17.7 Å². The van der Waals surface area contributed by atoms with Gasteiger partial charge in [0.05, 0.1) is 19.5 Å². The number of benzene rings is 1. The molecule has 0 aliphatic carbocycles. The highest BCUT2D eigenvalue weighted by Gasteiger charge is 2.39. The molecular formula is C16H24N2O3S. The van der Waals surface area contributed by atoms with E-state index in [0.29, 0.717) is 6.54 Å². The van der Waals surface area contributed by atoms with Crippen LogP contribution in [0.1, 0.15) is 24.8 Å². The minimum atomic E-state index is -0.0393. The lowest BCUT2D eigenvalue weighted by molar-refractivity contribution is -0.129. The number of nitrogens with one attached hydrogen (secondary N) is 1. The molecule has 1 aliphatic rings. The molecule has 0 aromatic heterocycles. The third kappa shape index (κ3) is 3.50. The molecule has 0 unspecified atom stereocenters. The minimum Gasteiger partial charge on any atom is -0.497 e. The number of amides is 1. The van der Waals surface area contributed by atoms with E-state index in [2.05, 4.69) is 12.2 Å². The third-order valence-corrected chi connectivity index (χ3v) is 5.11. The maximum Gasteiger partial charge on any atom is 0.236 e. The summed E-state index contributed by atoms with van der Waals surface area (Å²) in [5.41, 5.74) is 0.987. The Bertz CT molecular complexity index is 524. The van der Waals surface area contributed by atoms with E-state index in [1.54, 1.807) is 26.0 Å². The first kappa shape index (κ1) is 17.0. The number of carbonyl (C=O) groups excluding carboxylic acids is 1. The summed E-state index contributed by atoms with van der Waals surface area (Å²) >= 11 is 1.65. The monoisotopic (exact) mass is 324 g/mol. The summed E-state index contributed by atoms with van der Waals surface area (Å²) in [7, 11) is 3.29. The molecule has 1 amide bonds. The topological polar surface area (TPSA) is 50.8 Å². The second-order valence-corrected chi connectivity index (χ2v) is 6.55. The molecule has 0 saturated carbocycles. The normalized spacial score (nSPS) is 21.3. The molecular weight excluding hydrogens is 300 g/mol. The maximum absolute atomic E-state index is 12.4. The van der Waals surface area contributed by atoms with Crippen molar-refractivity contribution in [3.05, 3.63) is 23.8 Å². The Labute approximate surface area is 136 Å². The van der Waals surface area contributed by atoms with E-state index in [1.807, 2.05) is 30.0 Å². The van der Waals surface area contributed by atoms with Gasteiger partial charge in [0, 0.05) is 18.7 Å². The van der Waals surface area contributed by atoms with Gasteiger partial charge in [0.1, 0.15) is 16.9 Å². The van der Waals surface area contributed by atoms with Crippen molar-refractivity contribution < 1.29 is 14.3 Å². The van der Waals surface area contributed by atoms with Crippen LogP contribution in [0.3, 0.4) is 0 Å². The zero-order valence-corrected chi connectivity index (χ0v) is 14.4. The van der Waals surface area contributed by atoms with E-state index >= 15 is 0 Å². The first-order valence-corrected chi connectivity index (χ1v) is 8.45. The number of ether oxygens (including phenoxy) is 2. The predicted octanol–water partition coefficient (Wildman–Crippen LogP) is 2.28. The minimum absolute atomic E-state index is 0.0359. The number of carbonyl (C=O) groups is 1. The summed E-state index contributed by atoms with van der Waals surface area (Å²) in [5, 5.41) is 3.20.